The summed E-state index contributed by atoms with van der Waals surface area (Å²) in [5.41, 5.74) is 1.01. The van der Waals surface area contributed by atoms with Crippen LogP contribution in [0.4, 0.5) is 0 Å². The third-order valence-electron chi connectivity index (χ3n) is 2.50. The quantitative estimate of drug-likeness (QED) is 0.515. The Hall–Kier alpha value is -1.31. The maximum absolute atomic E-state index is 10.2. The summed E-state index contributed by atoms with van der Waals surface area (Å²) < 4.78 is 35.2. The highest BCUT2D eigenvalue weighted by atomic mass is 32.2. The second-order valence-corrected chi connectivity index (χ2v) is 4.47. The Morgan fingerprint density at radius 2 is 2.00 bits per heavy atom. The van der Waals surface area contributed by atoms with Crippen LogP contribution in [0.1, 0.15) is 12.0 Å². The molecule has 0 aromatic heterocycles. The van der Waals surface area contributed by atoms with Crippen LogP contribution in [0, 0.1) is 0 Å². The Balaban J connectivity index is 2.36. The van der Waals surface area contributed by atoms with Gasteiger partial charge in [-0.3, -0.25) is 4.18 Å². The summed E-state index contributed by atoms with van der Waals surface area (Å²) in [6, 6.07) is 5.61. The molecule has 0 fully saturated rings. The van der Waals surface area contributed by atoms with Gasteiger partial charge in [-0.15, -0.1) is 0 Å². The molecule has 0 amide bonds. The molecule has 1 aromatic rings. The third kappa shape index (κ3) is 5.91. The fourth-order valence-corrected chi connectivity index (χ4v) is 1.84. The van der Waals surface area contributed by atoms with Crippen LogP contribution < -0.4 is 14.8 Å². The molecule has 0 radical (unpaired) electrons. The second kappa shape index (κ2) is 8.73. The van der Waals surface area contributed by atoms with E-state index in [0.717, 1.165) is 17.1 Å². The van der Waals surface area contributed by atoms with Gasteiger partial charge in [0.2, 0.25) is 0 Å². The largest absolute Gasteiger partial charge is 0.497 e. The summed E-state index contributed by atoms with van der Waals surface area (Å²) >= 11 is 0. The van der Waals surface area contributed by atoms with Crippen molar-refractivity contribution in [2.75, 3.05) is 27.4 Å². The smallest absolute Gasteiger partial charge is 0.257 e. The average molecular weight is 289 g/mol. The molecule has 108 valence electrons. The van der Waals surface area contributed by atoms with Crippen molar-refractivity contribution in [2.45, 2.75) is 13.0 Å². The van der Waals surface area contributed by atoms with E-state index in [0.29, 0.717) is 19.5 Å². The van der Waals surface area contributed by atoms with Gasteiger partial charge < -0.3 is 14.8 Å². The van der Waals surface area contributed by atoms with Crippen LogP contribution in [0.5, 0.6) is 11.5 Å². The zero-order chi connectivity index (χ0) is 14.1. The van der Waals surface area contributed by atoms with Crippen molar-refractivity contribution in [2.24, 2.45) is 0 Å². The van der Waals surface area contributed by atoms with Crippen molar-refractivity contribution < 1.29 is 22.1 Å². The molecule has 6 nitrogen and oxygen atoms in total. The highest BCUT2D eigenvalue weighted by molar-refractivity contribution is 7.67. The van der Waals surface area contributed by atoms with E-state index in [9.17, 15) is 8.42 Å². The maximum atomic E-state index is 10.2. The SMILES string of the molecule is COc1ccc(CNCCCO[SH](=O)=O)c(OC)c1. The number of nitrogens with one attached hydrogen (secondary N) is 1. The van der Waals surface area contributed by atoms with E-state index in [4.69, 9.17) is 9.47 Å². The van der Waals surface area contributed by atoms with Crippen LogP contribution in [-0.2, 0) is 21.7 Å². The lowest BCUT2D eigenvalue weighted by molar-refractivity contribution is 0.323. The Kier molecular flexibility index (Phi) is 7.24. The van der Waals surface area contributed by atoms with Crippen molar-refractivity contribution in [3.8, 4) is 11.5 Å². The van der Waals surface area contributed by atoms with E-state index in [-0.39, 0.29) is 6.61 Å². The highest BCUT2D eigenvalue weighted by Crippen LogP contribution is 2.24. The minimum absolute atomic E-state index is 0.200. The van der Waals surface area contributed by atoms with Gasteiger partial charge in [-0.05, 0) is 19.0 Å². The molecule has 1 rings (SSSR count). The van der Waals surface area contributed by atoms with Crippen LogP contribution in [0.25, 0.3) is 0 Å². The topological polar surface area (TPSA) is 73.9 Å². The number of hydrogen-bond donors (Lipinski definition) is 2. The van der Waals surface area contributed by atoms with Gasteiger partial charge >= 0.3 is 0 Å². The molecule has 0 aliphatic carbocycles. The van der Waals surface area contributed by atoms with Gasteiger partial charge in [0.1, 0.15) is 11.5 Å². The molecule has 0 saturated carbocycles. The Bertz CT molecular complexity index is 453. The van der Waals surface area contributed by atoms with Crippen molar-refractivity contribution in [3.05, 3.63) is 23.8 Å². The minimum atomic E-state index is -2.74. The Morgan fingerprint density at radius 3 is 2.63 bits per heavy atom. The molecular weight excluding hydrogens is 270 g/mol. The monoisotopic (exact) mass is 289 g/mol. The second-order valence-electron chi connectivity index (χ2n) is 3.76. The molecule has 1 N–H and O–H groups in total. The van der Waals surface area contributed by atoms with Crippen molar-refractivity contribution >= 4 is 11.0 Å². The van der Waals surface area contributed by atoms with Crippen molar-refractivity contribution in [1.29, 1.82) is 0 Å². The van der Waals surface area contributed by atoms with E-state index in [2.05, 4.69) is 9.50 Å². The first-order chi connectivity index (χ1) is 9.17. The summed E-state index contributed by atoms with van der Waals surface area (Å²) in [4.78, 5) is 0. The number of methoxy groups -OCH3 is 2. The summed E-state index contributed by atoms with van der Waals surface area (Å²) in [6.45, 7) is 1.50. The fraction of sp³-hybridized carbons (Fsp3) is 0.500. The van der Waals surface area contributed by atoms with Gasteiger partial charge in [0.15, 0.2) is 0 Å². The molecule has 0 aliphatic heterocycles. The van der Waals surface area contributed by atoms with E-state index >= 15 is 0 Å². The number of ether oxygens (including phenoxy) is 2. The van der Waals surface area contributed by atoms with Gasteiger partial charge in [-0.25, -0.2) is 8.42 Å². The molecule has 7 heteroatoms. The Morgan fingerprint density at radius 1 is 1.21 bits per heavy atom. The van der Waals surface area contributed by atoms with Crippen LogP contribution >= 0.6 is 0 Å². The standard InChI is InChI=1S/C12H19NO5S/c1-16-11-5-4-10(12(8-11)17-2)9-13-6-3-7-18-19(14)15/h4-5,8,13,19H,3,6-7,9H2,1-2H3. The van der Waals surface area contributed by atoms with Gasteiger partial charge in [0.25, 0.3) is 11.0 Å². The molecule has 0 bridgehead atoms. The van der Waals surface area contributed by atoms with Crippen molar-refractivity contribution in [3.63, 3.8) is 0 Å². The zero-order valence-corrected chi connectivity index (χ0v) is 11.9. The molecule has 0 aliphatic rings. The zero-order valence-electron chi connectivity index (χ0n) is 11.0. The first kappa shape index (κ1) is 15.7. The number of benzene rings is 1. The van der Waals surface area contributed by atoms with Crippen LogP contribution in [0.3, 0.4) is 0 Å². The van der Waals surface area contributed by atoms with Crippen LogP contribution in [0.2, 0.25) is 0 Å². The van der Waals surface area contributed by atoms with Gasteiger partial charge in [-0.1, -0.05) is 6.07 Å². The highest BCUT2D eigenvalue weighted by Gasteiger charge is 2.04. The van der Waals surface area contributed by atoms with Crippen molar-refractivity contribution in [1.82, 2.24) is 5.32 Å². The molecule has 1 aromatic carbocycles. The first-order valence-electron chi connectivity index (χ1n) is 5.86. The summed E-state index contributed by atoms with van der Waals surface area (Å²) in [5, 5.41) is 3.19. The summed E-state index contributed by atoms with van der Waals surface area (Å²) in [7, 11) is 0.472. The molecular formula is C12H19NO5S. The fourth-order valence-electron chi connectivity index (χ4n) is 1.56. The predicted octanol–water partition coefficient (Wildman–Crippen LogP) is 0.727. The molecule has 0 spiro atoms. The summed E-state index contributed by atoms with van der Waals surface area (Å²) in [6.07, 6.45) is 0.627. The predicted molar refractivity (Wildman–Crippen MR) is 72.1 cm³/mol. The average Bonchev–Trinajstić information content (AvgIpc) is 2.42. The number of hydrogen-bond acceptors (Lipinski definition) is 6. The normalized spacial score (nSPS) is 10.7. The Labute approximate surface area is 114 Å². The van der Waals surface area contributed by atoms with Gasteiger partial charge in [0, 0.05) is 18.2 Å². The van der Waals surface area contributed by atoms with E-state index in [1.54, 1.807) is 14.2 Å². The third-order valence-corrected chi connectivity index (χ3v) is 2.90. The number of rotatable bonds is 9. The lowest BCUT2D eigenvalue weighted by atomic mass is 10.2. The van der Waals surface area contributed by atoms with Crippen LogP contribution in [0.15, 0.2) is 18.2 Å². The summed E-state index contributed by atoms with van der Waals surface area (Å²) in [5.74, 6) is 1.50. The molecule has 0 saturated heterocycles. The lowest BCUT2D eigenvalue weighted by Gasteiger charge is -2.11. The molecule has 0 heterocycles. The van der Waals surface area contributed by atoms with E-state index in [1.807, 2.05) is 18.2 Å². The maximum Gasteiger partial charge on any atom is 0.257 e. The van der Waals surface area contributed by atoms with Crippen LogP contribution in [-0.4, -0.2) is 35.8 Å². The van der Waals surface area contributed by atoms with E-state index < -0.39 is 11.0 Å². The minimum Gasteiger partial charge on any atom is -0.497 e. The molecule has 19 heavy (non-hydrogen) atoms. The molecule has 0 atom stereocenters. The van der Waals surface area contributed by atoms with E-state index in [1.165, 1.54) is 0 Å². The lowest BCUT2D eigenvalue weighted by Crippen LogP contribution is -2.16. The number of thiol groups is 1. The first-order valence-corrected chi connectivity index (χ1v) is 6.96. The van der Waals surface area contributed by atoms with Gasteiger partial charge in [-0.2, -0.15) is 0 Å². The van der Waals surface area contributed by atoms with Gasteiger partial charge in [0.05, 0.1) is 20.8 Å². The molecule has 0 unspecified atom stereocenters.